The molecule has 0 spiro atoms. The fourth-order valence-corrected chi connectivity index (χ4v) is 4.36. The standard InChI is InChI=1S/C22H33N3S.C2H6/c1-24(2)16-17-25(26(3)18-9-5-4-8-15-23)19-21-13-10-12-20-11-6-7-14-22(20)21;1-2/h4,6-8,10-14H,3,5,9,15-19,23H2,1-2H3;1-2H3/b8-4-;. The van der Waals surface area contributed by atoms with Crippen LogP contribution in [0.1, 0.15) is 32.3 Å². The number of hydrogen-bond acceptors (Lipinski definition) is 3. The van der Waals surface area contributed by atoms with Crippen molar-refractivity contribution in [3.63, 3.8) is 0 Å². The van der Waals surface area contributed by atoms with Gasteiger partial charge in [0, 0.05) is 31.9 Å². The lowest BCUT2D eigenvalue weighted by Crippen LogP contribution is -2.28. The largest absolute Gasteiger partial charge is 0.327 e. The van der Waals surface area contributed by atoms with Crippen molar-refractivity contribution in [2.45, 2.75) is 33.2 Å². The van der Waals surface area contributed by atoms with Crippen molar-refractivity contribution in [2.24, 2.45) is 5.73 Å². The fourth-order valence-electron chi connectivity index (χ4n) is 2.94. The molecule has 0 saturated carbocycles. The van der Waals surface area contributed by atoms with E-state index >= 15 is 0 Å². The average molecular weight is 402 g/mol. The molecule has 2 aromatic carbocycles. The van der Waals surface area contributed by atoms with Crippen LogP contribution >= 0.6 is 10.7 Å². The Labute approximate surface area is 175 Å². The maximum atomic E-state index is 5.51. The topological polar surface area (TPSA) is 32.5 Å². The molecule has 3 nitrogen and oxygen atoms in total. The molecule has 2 aromatic rings. The lowest BCUT2D eigenvalue weighted by atomic mass is 10.0. The highest BCUT2D eigenvalue weighted by Gasteiger charge is 2.11. The van der Waals surface area contributed by atoms with Crippen molar-refractivity contribution in [1.29, 1.82) is 0 Å². The summed E-state index contributed by atoms with van der Waals surface area (Å²) in [6.45, 7) is 7.69. The summed E-state index contributed by atoms with van der Waals surface area (Å²) in [7, 11) is 4.29. The minimum atomic E-state index is 0.0185. The zero-order chi connectivity index (χ0) is 20.8. The average Bonchev–Trinajstić information content (AvgIpc) is 2.72. The summed E-state index contributed by atoms with van der Waals surface area (Å²) < 4.78 is 2.55. The van der Waals surface area contributed by atoms with E-state index in [0.717, 1.165) is 38.2 Å². The summed E-state index contributed by atoms with van der Waals surface area (Å²) in [6.07, 6.45) is 6.48. The van der Waals surface area contributed by atoms with Gasteiger partial charge in [-0.15, -0.1) is 10.7 Å². The van der Waals surface area contributed by atoms with Gasteiger partial charge < -0.3 is 10.6 Å². The van der Waals surface area contributed by atoms with Crippen molar-refractivity contribution in [1.82, 2.24) is 9.21 Å². The van der Waals surface area contributed by atoms with Crippen LogP contribution < -0.4 is 5.73 Å². The predicted octanol–water partition coefficient (Wildman–Crippen LogP) is 5.14. The minimum absolute atomic E-state index is 0.0185. The Morgan fingerprint density at radius 2 is 1.71 bits per heavy atom. The second kappa shape index (κ2) is 14.5. The highest BCUT2D eigenvalue weighted by molar-refractivity contribution is 8.12. The monoisotopic (exact) mass is 401 g/mol. The molecule has 0 saturated heterocycles. The molecule has 0 aliphatic heterocycles. The number of benzene rings is 2. The molecule has 0 radical (unpaired) electrons. The molecule has 28 heavy (non-hydrogen) atoms. The van der Waals surface area contributed by atoms with Crippen LogP contribution in [-0.4, -0.2) is 54.6 Å². The van der Waals surface area contributed by atoms with E-state index in [1.807, 2.05) is 19.9 Å². The molecule has 1 atom stereocenters. The smallest absolute Gasteiger partial charge is 0.0342 e. The van der Waals surface area contributed by atoms with E-state index in [0.29, 0.717) is 6.54 Å². The Balaban J connectivity index is 0.00000190. The van der Waals surface area contributed by atoms with E-state index in [2.05, 4.69) is 77.7 Å². The van der Waals surface area contributed by atoms with Gasteiger partial charge in [-0.05, 0) is 43.3 Å². The summed E-state index contributed by atoms with van der Waals surface area (Å²) in [6, 6.07) is 15.3. The maximum Gasteiger partial charge on any atom is 0.0342 e. The van der Waals surface area contributed by atoms with Crippen molar-refractivity contribution < 1.29 is 0 Å². The van der Waals surface area contributed by atoms with Crippen molar-refractivity contribution in [3.8, 4) is 0 Å². The maximum absolute atomic E-state index is 5.51. The second-order valence-corrected chi connectivity index (χ2v) is 8.67. The summed E-state index contributed by atoms with van der Waals surface area (Å²) in [5, 5.41) is 2.67. The number of nitrogens with two attached hydrogens (primary N) is 1. The molecule has 156 valence electrons. The number of rotatable bonds is 11. The quantitative estimate of drug-likeness (QED) is 0.321. The summed E-state index contributed by atoms with van der Waals surface area (Å²) >= 11 is 0. The molecule has 0 aromatic heterocycles. The van der Waals surface area contributed by atoms with Gasteiger partial charge in [-0.1, -0.05) is 74.3 Å². The first-order valence-corrected chi connectivity index (χ1v) is 11.9. The Morgan fingerprint density at radius 3 is 2.43 bits per heavy atom. The van der Waals surface area contributed by atoms with Crippen LogP contribution in [0.3, 0.4) is 0 Å². The van der Waals surface area contributed by atoms with Crippen LogP contribution in [0.2, 0.25) is 0 Å². The third-order valence-corrected chi connectivity index (χ3v) is 6.24. The second-order valence-electron chi connectivity index (χ2n) is 6.82. The van der Waals surface area contributed by atoms with Gasteiger partial charge in [0.15, 0.2) is 0 Å². The van der Waals surface area contributed by atoms with Crippen molar-refractivity contribution in [2.75, 3.05) is 39.5 Å². The zero-order valence-electron chi connectivity index (χ0n) is 18.2. The van der Waals surface area contributed by atoms with Crippen molar-refractivity contribution >= 4 is 27.3 Å². The fraction of sp³-hybridized carbons (Fsp3) is 0.458. The van der Waals surface area contributed by atoms with Crippen LogP contribution in [0.25, 0.3) is 10.8 Å². The van der Waals surface area contributed by atoms with Crippen molar-refractivity contribution in [3.05, 3.63) is 60.2 Å². The molecular formula is C24H39N3S. The van der Waals surface area contributed by atoms with Gasteiger partial charge in [0.1, 0.15) is 0 Å². The van der Waals surface area contributed by atoms with Gasteiger partial charge in [-0.2, -0.15) is 0 Å². The van der Waals surface area contributed by atoms with Gasteiger partial charge in [0.2, 0.25) is 0 Å². The van der Waals surface area contributed by atoms with E-state index in [1.54, 1.807) is 0 Å². The van der Waals surface area contributed by atoms with E-state index in [1.165, 1.54) is 16.3 Å². The third-order valence-electron chi connectivity index (χ3n) is 4.44. The van der Waals surface area contributed by atoms with Crippen LogP contribution in [0.4, 0.5) is 0 Å². The molecule has 2 rings (SSSR count). The van der Waals surface area contributed by atoms with Gasteiger partial charge in [0.25, 0.3) is 0 Å². The SMILES string of the molecule is C=S(CCC/C=C\CN)N(CCN(C)C)Cc1cccc2ccccc12.CC. The molecule has 4 heteroatoms. The Hall–Kier alpha value is -1.46. The van der Waals surface area contributed by atoms with E-state index in [4.69, 9.17) is 5.73 Å². The van der Waals surface area contributed by atoms with E-state index < -0.39 is 0 Å². The summed E-state index contributed by atoms with van der Waals surface area (Å²) in [5.74, 6) is 5.63. The number of likely N-dealkylation sites (N-methyl/N-ethyl adjacent to an activating group) is 1. The molecule has 0 aliphatic rings. The van der Waals surface area contributed by atoms with Gasteiger partial charge in [0.05, 0.1) is 0 Å². The Kier molecular flexibility index (Phi) is 12.8. The highest BCUT2D eigenvalue weighted by Crippen LogP contribution is 2.26. The highest BCUT2D eigenvalue weighted by atomic mass is 32.2. The molecule has 0 amide bonds. The lowest BCUT2D eigenvalue weighted by molar-refractivity contribution is 0.348. The number of allylic oxidation sites excluding steroid dienone is 1. The molecule has 0 bridgehead atoms. The Morgan fingerprint density at radius 1 is 1.00 bits per heavy atom. The van der Waals surface area contributed by atoms with Crippen LogP contribution in [0, 0.1) is 0 Å². The number of unbranched alkanes of at least 4 members (excludes halogenated alkanes) is 1. The van der Waals surface area contributed by atoms with Gasteiger partial charge in [-0.3, -0.25) is 4.31 Å². The van der Waals surface area contributed by atoms with Gasteiger partial charge >= 0.3 is 0 Å². The zero-order valence-corrected chi connectivity index (χ0v) is 19.0. The summed E-state index contributed by atoms with van der Waals surface area (Å²) in [4.78, 5) is 2.25. The first-order valence-electron chi connectivity index (χ1n) is 10.3. The lowest BCUT2D eigenvalue weighted by Gasteiger charge is -2.27. The number of fused-ring (bicyclic) bond motifs is 1. The first kappa shape index (κ1) is 24.6. The molecule has 0 heterocycles. The number of nitrogens with zero attached hydrogens (tertiary/aromatic N) is 2. The summed E-state index contributed by atoms with van der Waals surface area (Å²) in [5.41, 5.74) is 6.90. The molecule has 1 unspecified atom stereocenters. The van der Waals surface area contributed by atoms with E-state index in [-0.39, 0.29) is 10.7 Å². The molecule has 0 aliphatic carbocycles. The molecule has 2 N–H and O–H groups in total. The predicted molar refractivity (Wildman–Crippen MR) is 131 cm³/mol. The van der Waals surface area contributed by atoms with Gasteiger partial charge in [-0.25, -0.2) is 0 Å². The number of hydrogen-bond donors (Lipinski definition) is 1. The Bertz CT molecular complexity index is 719. The van der Waals surface area contributed by atoms with Crippen LogP contribution in [-0.2, 0) is 6.54 Å². The first-order chi connectivity index (χ1) is 13.6. The minimum Gasteiger partial charge on any atom is -0.327 e. The molecule has 0 fully saturated rings. The van der Waals surface area contributed by atoms with Crippen LogP contribution in [0.15, 0.2) is 54.6 Å². The third kappa shape index (κ3) is 8.70. The van der Waals surface area contributed by atoms with E-state index in [9.17, 15) is 0 Å². The van der Waals surface area contributed by atoms with Crippen LogP contribution in [0.5, 0.6) is 0 Å². The normalized spacial score (nSPS) is 12.5. The molecular weight excluding hydrogens is 362 g/mol.